The maximum absolute atomic E-state index is 6.25. The first-order chi connectivity index (χ1) is 8.22. The highest BCUT2D eigenvalue weighted by molar-refractivity contribution is 6.31. The minimum atomic E-state index is 0.248. The minimum absolute atomic E-state index is 0.248. The van der Waals surface area contributed by atoms with Crippen molar-refractivity contribution in [1.29, 1.82) is 0 Å². The Morgan fingerprint density at radius 1 is 1.24 bits per heavy atom. The number of hydrogen-bond donors (Lipinski definition) is 1. The first kappa shape index (κ1) is 12.8. The van der Waals surface area contributed by atoms with Gasteiger partial charge < -0.3 is 10.6 Å². The van der Waals surface area contributed by atoms with E-state index in [2.05, 4.69) is 22.9 Å². The highest BCUT2D eigenvalue weighted by Gasteiger charge is 2.23. The molecule has 3 nitrogen and oxygen atoms in total. The van der Waals surface area contributed by atoms with Crippen LogP contribution >= 0.6 is 11.6 Å². The van der Waals surface area contributed by atoms with Crippen molar-refractivity contribution in [2.24, 2.45) is 5.73 Å². The third kappa shape index (κ3) is 2.99. The highest BCUT2D eigenvalue weighted by atomic mass is 35.5. The summed E-state index contributed by atoms with van der Waals surface area (Å²) >= 11 is 6.25. The van der Waals surface area contributed by atoms with Gasteiger partial charge in [-0.25, -0.2) is 0 Å². The number of nitrogens with two attached hydrogens (primary N) is 1. The van der Waals surface area contributed by atoms with Gasteiger partial charge in [0.25, 0.3) is 0 Å². The quantitative estimate of drug-likeness (QED) is 0.888. The van der Waals surface area contributed by atoms with Gasteiger partial charge in [-0.3, -0.25) is 4.90 Å². The van der Waals surface area contributed by atoms with Crippen molar-refractivity contribution in [2.75, 3.05) is 39.8 Å². The topological polar surface area (TPSA) is 32.5 Å². The molecule has 94 valence electrons. The van der Waals surface area contributed by atoms with Crippen molar-refractivity contribution in [3.63, 3.8) is 0 Å². The lowest BCUT2D eigenvalue weighted by atomic mass is 10.0. The fourth-order valence-electron chi connectivity index (χ4n) is 2.35. The molecule has 1 aliphatic heterocycles. The number of hydrogen-bond acceptors (Lipinski definition) is 3. The normalized spacial score (nSPS) is 20.4. The highest BCUT2D eigenvalue weighted by Crippen LogP contribution is 2.27. The average molecular weight is 254 g/mol. The first-order valence-corrected chi connectivity index (χ1v) is 6.47. The van der Waals surface area contributed by atoms with Crippen LogP contribution in [-0.4, -0.2) is 49.6 Å². The van der Waals surface area contributed by atoms with Gasteiger partial charge in [0.1, 0.15) is 0 Å². The Labute approximate surface area is 108 Å². The molecule has 4 heteroatoms. The summed E-state index contributed by atoms with van der Waals surface area (Å²) in [6, 6.07) is 8.26. The van der Waals surface area contributed by atoms with Gasteiger partial charge in [0.15, 0.2) is 0 Å². The van der Waals surface area contributed by atoms with Crippen LogP contribution < -0.4 is 5.73 Å². The molecule has 1 fully saturated rings. The largest absolute Gasteiger partial charge is 0.329 e. The zero-order chi connectivity index (χ0) is 12.3. The van der Waals surface area contributed by atoms with E-state index >= 15 is 0 Å². The lowest BCUT2D eigenvalue weighted by Gasteiger charge is -2.38. The molecule has 0 unspecified atom stereocenters. The molecule has 0 radical (unpaired) electrons. The summed E-state index contributed by atoms with van der Waals surface area (Å²) in [4.78, 5) is 4.78. The summed E-state index contributed by atoms with van der Waals surface area (Å²) in [6.45, 7) is 4.93. The van der Waals surface area contributed by atoms with Crippen LogP contribution in [0.25, 0.3) is 0 Å². The lowest BCUT2D eigenvalue weighted by molar-refractivity contribution is 0.114. The molecule has 1 saturated heterocycles. The molecule has 1 heterocycles. The van der Waals surface area contributed by atoms with Gasteiger partial charge in [-0.05, 0) is 18.7 Å². The molecule has 1 atom stereocenters. The molecular weight excluding hydrogens is 234 g/mol. The summed E-state index contributed by atoms with van der Waals surface area (Å²) in [5.41, 5.74) is 7.08. The van der Waals surface area contributed by atoms with Crippen LogP contribution in [-0.2, 0) is 0 Å². The van der Waals surface area contributed by atoms with E-state index in [9.17, 15) is 0 Å². The Hall–Kier alpha value is -0.610. The van der Waals surface area contributed by atoms with Gasteiger partial charge >= 0.3 is 0 Å². The molecule has 1 aromatic rings. The smallest absolute Gasteiger partial charge is 0.0486 e. The summed E-state index contributed by atoms with van der Waals surface area (Å²) in [6.07, 6.45) is 0. The summed E-state index contributed by atoms with van der Waals surface area (Å²) in [5, 5.41) is 0.821. The second-order valence-electron chi connectivity index (χ2n) is 4.61. The standard InChI is InChI=1S/C13H20ClN3/c1-16-6-8-17(9-7-16)13(10-15)11-4-2-3-5-12(11)14/h2-5,13H,6-10,15H2,1H3/t13-/m1/s1. The van der Waals surface area contributed by atoms with Gasteiger partial charge in [-0.2, -0.15) is 0 Å². The van der Waals surface area contributed by atoms with Crippen LogP contribution in [0.2, 0.25) is 5.02 Å². The predicted molar refractivity (Wildman–Crippen MR) is 72.3 cm³/mol. The number of likely N-dealkylation sites (N-methyl/N-ethyl adjacent to an activating group) is 1. The molecule has 0 bridgehead atoms. The van der Waals surface area contributed by atoms with E-state index in [1.165, 1.54) is 0 Å². The average Bonchev–Trinajstić information content (AvgIpc) is 2.35. The third-order valence-corrected chi connectivity index (χ3v) is 3.81. The summed E-state index contributed by atoms with van der Waals surface area (Å²) < 4.78 is 0. The number of piperazine rings is 1. The van der Waals surface area contributed by atoms with E-state index in [0.29, 0.717) is 6.54 Å². The maximum Gasteiger partial charge on any atom is 0.0486 e. The van der Waals surface area contributed by atoms with Gasteiger partial charge in [0.2, 0.25) is 0 Å². The lowest BCUT2D eigenvalue weighted by Crippen LogP contribution is -2.47. The Morgan fingerprint density at radius 3 is 2.47 bits per heavy atom. The monoisotopic (exact) mass is 253 g/mol. The molecule has 0 amide bonds. The number of nitrogens with zero attached hydrogens (tertiary/aromatic N) is 2. The van der Waals surface area contributed by atoms with E-state index in [4.69, 9.17) is 17.3 Å². The van der Waals surface area contributed by atoms with E-state index < -0.39 is 0 Å². The van der Waals surface area contributed by atoms with Crippen molar-refractivity contribution >= 4 is 11.6 Å². The van der Waals surface area contributed by atoms with Crippen LogP contribution in [0, 0.1) is 0 Å². The minimum Gasteiger partial charge on any atom is -0.329 e. The number of benzene rings is 1. The van der Waals surface area contributed by atoms with E-state index in [0.717, 1.165) is 36.8 Å². The maximum atomic E-state index is 6.25. The van der Waals surface area contributed by atoms with Gasteiger partial charge in [0, 0.05) is 43.8 Å². The van der Waals surface area contributed by atoms with Crippen molar-refractivity contribution in [3.8, 4) is 0 Å². The van der Waals surface area contributed by atoms with E-state index in [-0.39, 0.29) is 6.04 Å². The van der Waals surface area contributed by atoms with Crippen molar-refractivity contribution < 1.29 is 0 Å². The molecule has 0 aliphatic carbocycles. The van der Waals surface area contributed by atoms with Gasteiger partial charge in [-0.15, -0.1) is 0 Å². The van der Waals surface area contributed by atoms with Crippen molar-refractivity contribution in [3.05, 3.63) is 34.9 Å². The number of rotatable bonds is 3. The molecule has 0 saturated carbocycles. The molecule has 1 aromatic carbocycles. The molecule has 1 aliphatic rings. The Bertz CT molecular complexity index is 361. The molecule has 0 spiro atoms. The predicted octanol–water partition coefficient (Wildman–Crippen LogP) is 1.59. The zero-order valence-corrected chi connectivity index (χ0v) is 11.0. The van der Waals surface area contributed by atoms with Crippen LogP contribution in [0.15, 0.2) is 24.3 Å². The van der Waals surface area contributed by atoms with Gasteiger partial charge in [0.05, 0.1) is 0 Å². The van der Waals surface area contributed by atoms with Crippen LogP contribution in [0.4, 0.5) is 0 Å². The Kier molecular flexibility index (Phi) is 4.40. The zero-order valence-electron chi connectivity index (χ0n) is 10.3. The first-order valence-electron chi connectivity index (χ1n) is 6.09. The number of halogens is 1. The Morgan fingerprint density at radius 2 is 1.88 bits per heavy atom. The van der Waals surface area contributed by atoms with Crippen LogP contribution in [0.5, 0.6) is 0 Å². The van der Waals surface area contributed by atoms with E-state index in [1.807, 2.05) is 18.2 Å². The second-order valence-corrected chi connectivity index (χ2v) is 5.02. The van der Waals surface area contributed by atoms with Crippen LogP contribution in [0.1, 0.15) is 11.6 Å². The summed E-state index contributed by atoms with van der Waals surface area (Å²) in [7, 11) is 2.16. The van der Waals surface area contributed by atoms with Crippen LogP contribution in [0.3, 0.4) is 0 Å². The molecule has 2 N–H and O–H groups in total. The molecular formula is C13H20ClN3. The van der Waals surface area contributed by atoms with Crippen molar-refractivity contribution in [2.45, 2.75) is 6.04 Å². The molecule has 0 aromatic heterocycles. The molecule has 17 heavy (non-hydrogen) atoms. The Balaban J connectivity index is 2.14. The molecule has 2 rings (SSSR count). The van der Waals surface area contributed by atoms with Gasteiger partial charge in [-0.1, -0.05) is 29.8 Å². The fourth-order valence-corrected chi connectivity index (χ4v) is 2.61. The van der Waals surface area contributed by atoms with Crippen molar-refractivity contribution in [1.82, 2.24) is 9.80 Å². The SMILES string of the molecule is CN1CCN([C@H](CN)c2ccccc2Cl)CC1. The summed E-state index contributed by atoms with van der Waals surface area (Å²) in [5.74, 6) is 0. The second kappa shape index (κ2) is 5.83. The fraction of sp³-hybridized carbons (Fsp3) is 0.538. The third-order valence-electron chi connectivity index (χ3n) is 3.47. The van der Waals surface area contributed by atoms with E-state index in [1.54, 1.807) is 0 Å².